The van der Waals surface area contributed by atoms with E-state index in [0.29, 0.717) is 13.0 Å². The third-order valence-electron chi connectivity index (χ3n) is 1.96. The number of hydrogen-bond donors (Lipinski definition) is 1. The minimum absolute atomic E-state index is 0.210. The highest BCUT2D eigenvalue weighted by molar-refractivity contribution is 9.11. The molecule has 1 rings (SSSR count). The summed E-state index contributed by atoms with van der Waals surface area (Å²) in [5.41, 5.74) is 0.955. The SMILES string of the molecule is CS(=O)(=O)CCCNc1c(Br)cccc1Br. The lowest BCUT2D eigenvalue weighted by Crippen LogP contribution is -2.10. The predicted molar refractivity (Wildman–Crippen MR) is 74.7 cm³/mol. The van der Waals surface area contributed by atoms with E-state index in [-0.39, 0.29) is 5.75 Å². The molecule has 0 radical (unpaired) electrons. The highest BCUT2D eigenvalue weighted by Gasteiger charge is 2.05. The first kappa shape index (κ1) is 14.0. The molecular formula is C10H13Br2NO2S. The Morgan fingerprint density at radius 1 is 1.25 bits per heavy atom. The molecule has 0 atom stereocenters. The molecule has 0 fully saturated rings. The summed E-state index contributed by atoms with van der Waals surface area (Å²) in [6.07, 6.45) is 1.86. The zero-order valence-corrected chi connectivity index (χ0v) is 12.8. The minimum Gasteiger partial charge on any atom is -0.383 e. The normalized spacial score (nSPS) is 11.4. The molecule has 0 bridgehead atoms. The largest absolute Gasteiger partial charge is 0.383 e. The van der Waals surface area contributed by atoms with Gasteiger partial charge in [-0.1, -0.05) is 6.07 Å². The Morgan fingerprint density at radius 2 is 1.81 bits per heavy atom. The Labute approximate surface area is 113 Å². The third kappa shape index (κ3) is 4.84. The molecule has 0 aliphatic heterocycles. The van der Waals surface area contributed by atoms with Crippen LogP contribution in [-0.4, -0.2) is 27.0 Å². The molecule has 1 aromatic rings. The van der Waals surface area contributed by atoms with Gasteiger partial charge in [0.15, 0.2) is 0 Å². The van der Waals surface area contributed by atoms with Crippen molar-refractivity contribution in [2.45, 2.75) is 6.42 Å². The van der Waals surface area contributed by atoms with Crippen LogP contribution >= 0.6 is 31.9 Å². The average molecular weight is 371 g/mol. The molecule has 90 valence electrons. The zero-order chi connectivity index (χ0) is 12.2. The maximum Gasteiger partial charge on any atom is 0.147 e. The summed E-state index contributed by atoms with van der Waals surface area (Å²) in [4.78, 5) is 0. The number of nitrogens with one attached hydrogen (secondary N) is 1. The van der Waals surface area contributed by atoms with Gasteiger partial charge >= 0.3 is 0 Å². The smallest absolute Gasteiger partial charge is 0.147 e. The number of rotatable bonds is 5. The maximum absolute atomic E-state index is 10.9. The molecule has 1 aromatic carbocycles. The van der Waals surface area contributed by atoms with Crippen LogP contribution in [0.25, 0.3) is 0 Å². The second-order valence-electron chi connectivity index (χ2n) is 3.51. The number of para-hydroxylation sites is 1. The van der Waals surface area contributed by atoms with Crippen LogP contribution < -0.4 is 5.32 Å². The molecule has 0 unspecified atom stereocenters. The monoisotopic (exact) mass is 369 g/mol. The molecule has 0 aromatic heterocycles. The van der Waals surface area contributed by atoms with E-state index in [9.17, 15) is 8.42 Å². The van der Waals surface area contributed by atoms with E-state index in [4.69, 9.17) is 0 Å². The molecule has 0 spiro atoms. The fourth-order valence-electron chi connectivity index (χ4n) is 1.21. The van der Waals surface area contributed by atoms with Crippen LogP contribution in [0.15, 0.2) is 27.1 Å². The van der Waals surface area contributed by atoms with E-state index in [0.717, 1.165) is 14.6 Å². The van der Waals surface area contributed by atoms with Crippen molar-refractivity contribution in [3.8, 4) is 0 Å². The molecule has 16 heavy (non-hydrogen) atoms. The number of halogens is 2. The Hall–Kier alpha value is -0.0700. The second kappa shape index (κ2) is 6.02. The van der Waals surface area contributed by atoms with Crippen molar-refractivity contribution in [3.63, 3.8) is 0 Å². The second-order valence-corrected chi connectivity index (χ2v) is 7.48. The highest BCUT2D eigenvalue weighted by atomic mass is 79.9. The Balaban J connectivity index is 2.49. The van der Waals surface area contributed by atoms with Crippen molar-refractivity contribution in [3.05, 3.63) is 27.1 Å². The number of benzene rings is 1. The van der Waals surface area contributed by atoms with Crippen LogP contribution in [0.2, 0.25) is 0 Å². The lowest BCUT2D eigenvalue weighted by molar-refractivity contribution is 0.600. The highest BCUT2D eigenvalue weighted by Crippen LogP contribution is 2.30. The molecule has 0 amide bonds. The van der Waals surface area contributed by atoms with Gasteiger partial charge in [-0.25, -0.2) is 8.42 Å². The van der Waals surface area contributed by atoms with E-state index in [2.05, 4.69) is 37.2 Å². The standard InChI is InChI=1S/C10H13Br2NO2S/c1-16(14,15)7-3-6-13-10-8(11)4-2-5-9(10)12/h2,4-5,13H,3,6-7H2,1H3. The van der Waals surface area contributed by atoms with E-state index in [1.807, 2.05) is 18.2 Å². The Morgan fingerprint density at radius 3 is 2.31 bits per heavy atom. The van der Waals surface area contributed by atoms with Crippen LogP contribution in [0.4, 0.5) is 5.69 Å². The summed E-state index contributed by atoms with van der Waals surface area (Å²) in [6.45, 7) is 0.633. The molecule has 0 heterocycles. The number of anilines is 1. The summed E-state index contributed by atoms with van der Waals surface area (Å²) in [6, 6.07) is 5.79. The topological polar surface area (TPSA) is 46.2 Å². The summed E-state index contributed by atoms with van der Waals surface area (Å²) >= 11 is 6.86. The summed E-state index contributed by atoms with van der Waals surface area (Å²) in [5, 5.41) is 3.20. The molecule has 0 saturated carbocycles. The maximum atomic E-state index is 10.9. The van der Waals surface area contributed by atoms with Crippen molar-refractivity contribution in [2.75, 3.05) is 23.9 Å². The quantitative estimate of drug-likeness (QED) is 0.810. The summed E-state index contributed by atoms with van der Waals surface area (Å²) in [5.74, 6) is 0.210. The molecule has 3 nitrogen and oxygen atoms in total. The van der Waals surface area contributed by atoms with Gasteiger partial charge in [0.05, 0.1) is 11.4 Å². The van der Waals surface area contributed by atoms with Gasteiger partial charge in [0.25, 0.3) is 0 Å². The lowest BCUT2D eigenvalue weighted by atomic mass is 10.3. The fraction of sp³-hybridized carbons (Fsp3) is 0.400. The van der Waals surface area contributed by atoms with Gasteiger partial charge < -0.3 is 5.32 Å². The van der Waals surface area contributed by atoms with Crippen LogP contribution in [0.5, 0.6) is 0 Å². The van der Waals surface area contributed by atoms with Crippen LogP contribution in [0.1, 0.15) is 6.42 Å². The molecule has 1 N–H and O–H groups in total. The van der Waals surface area contributed by atoms with Gasteiger partial charge in [0.2, 0.25) is 0 Å². The Kier molecular flexibility index (Phi) is 5.27. The summed E-state index contributed by atoms with van der Waals surface area (Å²) in [7, 11) is -2.86. The van der Waals surface area contributed by atoms with Crippen molar-refractivity contribution < 1.29 is 8.42 Å². The van der Waals surface area contributed by atoms with Crippen LogP contribution in [0.3, 0.4) is 0 Å². The van der Waals surface area contributed by atoms with Crippen molar-refractivity contribution in [2.24, 2.45) is 0 Å². The van der Waals surface area contributed by atoms with Gasteiger partial charge in [-0.15, -0.1) is 0 Å². The van der Waals surface area contributed by atoms with E-state index >= 15 is 0 Å². The predicted octanol–water partition coefficient (Wildman–Crippen LogP) is 3.06. The molecular weight excluding hydrogens is 358 g/mol. The first-order valence-corrected chi connectivity index (χ1v) is 8.40. The van der Waals surface area contributed by atoms with Crippen molar-refractivity contribution in [1.29, 1.82) is 0 Å². The van der Waals surface area contributed by atoms with Gasteiger partial charge in [-0.05, 0) is 50.4 Å². The van der Waals surface area contributed by atoms with Crippen LogP contribution in [-0.2, 0) is 9.84 Å². The van der Waals surface area contributed by atoms with Crippen LogP contribution in [0, 0.1) is 0 Å². The minimum atomic E-state index is -2.86. The zero-order valence-electron chi connectivity index (χ0n) is 8.83. The Bertz CT molecular complexity index is 440. The lowest BCUT2D eigenvalue weighted by Gasteiger charge is -2.10. The number of sulfone groups is 1. The number of hydrogen-bond acceptors (Lipinski definition) is 3. The van der Waals surface area contributed by atoms with Gasteiger partial charge in [-0.2, -0.15) is 0 Å². The van der Waals surface area contributed by atoms with Gasteiger partial charge in [0.1, 0.15) is 9.84 Å². The van der Waals surface area contributed by atoms with E-state index in [1.54, 1.807) is 0 Å². The van der Waals surface area contributed by atoms with E-state index < -0.39 is 9.84 Å². The molecule has 6 heteroatoms. The first-order valence-electron chi connectivity index (χ1n) is 4.76. The molecule has 0 saturated heterocycles. The summed E-state index contributed by atoms with van der Waals surface area (Å²) < 4.78 is 23.8. The van der Waals surface area contributed by atoms with Crippen molar-refractivity contribution in [1.82, 2.24) is 0 Å². The van der Waals surface area contributed by atoms with Gasteiger partial charge in [-0.3, -0.25) is 0 Å². The van der Waals surface area contributed by atoms with Gasteiger partial charge in [0, 0.05) is 21.7 Å². The molecule has 0 aliphatic rings. The van der Waals surface area contributed by atoms with E-state index in [1.165, 1.54) is 6.26 Å². The van der Waals surface area contributed by atoms with Crippen molar-refractivity contribution >= 4 is 47.4 Å². The third-order valence-corrected chi connectivity index (χ3v) is 4.31. The average Bonchev–Trinajstić information content (AvgIpc) is 2.14. The first-order chi connectivity index (χ1) is 7.40. The fourth-order valence-corrected chi connectivity index (χ4v) is 3.16. The molecule has 0 aliphatic carbocycles.